The van der Waals surface area contributed by atoms with E-state index in [0.29, 0.717) is 5.56 Å². The normalized spacial score (nSPS) is 13.7. The molecule has 232 valence electrons. The number of anilines is 1. The van der Waals surface area contributed by atoms with Crippen LogP contribution in [0.3, 0.4) is 0 Å². The third-order valence-electron chi connectivity index (χ3n) is 5.88. The van der Waals surface area contributed by atoms with Crippen molar-refractivity contribution in [2.75, 3.05) is 11.1 Å². The highest BCUT2D eigenvalue weighted by Gasteiger charge is 2.60. The number of nitrogens with one attached hydrogen (secondary N) is 1. The van der Waals surface area contributed by atoms with E-state index in [1.807, 2.05) is 0 Å². The number of carbonyl (C=O) groups is 1. The summed E-state index contributed by atoms with van der Waals surface area (Å²) >= 11 is 0. The molecule has 14 heteroatoms. The first kappa shape index (κ1) is 33.5. The predicted molar refractivity (Wildman–Crippen MR) is 153 cm³/mol. The Labute approximate surface area is 247 Å². The molecule has 10 nitrogen and oxygen atoms in total. The van der Waals surface area contributed by atoms with Crippen LogP contribution in [0.5, 0.6) is 0 Å². The highest BCUT2D eigenvalue weighted by molar-refractivity contribution is 7.91. The number of allylic oxidation sites excluding steroid dienone is 1. The number of hydrogen-bond acceptors (Lipinski definition) is 9. The first-order chi connectivity index (χ1) is 20.0. The molecular weight excluding hydrogens is 589 g/mol. The molecule has 0 saturated carbocycles. The summed E-state index contributed by atoms with van der Waals surface area (Å²) in [7, 11) is -3.98. The summed E-state index contributed by atoms with van der Waals surface area (Å²) in [5.74, 6) is -1.89. The zero-order chi connectivity index (χ0) is 32.1. The average Bonchev–Trinajstić information content (AvgIpc) is 3.39. The Morgan fingerprint density at radius 1 is 1.09 bits per heavy atom. The highest BCUT2D eigenvalue weighted by Crippen LogP contribution is 2.46. The van der Waals surface area contributed by atoms with Crippen LogP contribution in [-0.4, -0.2) is 47.2 Å². The first-order valence-corrected chi connectivity index (χ1v) is 14.7. The van der Waals surface area contributed by atoms with Crippen LogP contribution in [0.25, 0.3) is 11.6 Å². The number of ether oxygens (including phenoxy) is 2. The Kier molecular flexibility index (Phi) is 10.2. The molecule has 1 amide bonds. The van der Waals surface area contributed by atoms with Gasteiger partial charge in [0.1, 0.15) is 5.60 Å². The minimum Gasteiger partial charge on any atom is -0.444 e. The molecule has 0 bridgehead atoms. The molecule has 1 N–H and O–H groups in total. The molecule has 0 radical (unpaired) electrons. The van der Waals surface area contributed by atoms with Crippen LogP contribution in [-0.2, 0) is 31.5 Å². The van der Waals surface area contributed by atoms with E-state index in [0.717, 1.165) is 6.08 Å². The zero-order valence-electron chi connectivity index (χ0n) is 24.2. The molecule has 3 rings (SSSR count). The maximum atomic E-state index is 14.7. The summed E-state index contributed by atoms with van der Waals surface area (Å²) in [6, 6.07) is 9.47. The number of carbonyl (C=O) groups excluding carboxylic acids is 1. The minimum atomic E-state index is -5.04. The number of halogens is 3. The van der Waals surface area contributed by atoms with Crippen LogP contribution in [0, 0.1) is 6.92 Å². The Morgan fingerprint density at radius 2 is 1.77 bits per heavy atom. The lowest BCUT2D eigenvalue weighted by atomic mass is 9.98. The Balaban J connectivity index is 2.18. The van der Waals surface area contributed by atoms with E-state index < -0.39 is 58.1 Å². The third-order valence-corrected chi connectivity index (χ3v) is 7.65. The highest BCUT2D eigenvalue weighted by atomic mass is 32.2. The van der Waals surface area contributed by atoms with E-state index in [4.69, 9.17) is 13.9 Å². The number of sulfone groups is 1. The van der Waals surface area contributed by atoms with E-state index in [-0.39, 0.29) is 34.1 Å². The number of benzene rings is 1. The monoisotopic (exact) mass is 622 g/mol. The van der Waals surface area contributed by atoms with E-state index >= 15 is 0 Å². The zero-order valence-corrected chi connectivity index (χ0v) is 25.0. The summed E-state index contributed by atoms with van der Waals surface area (Å²) < 4.78 is 86.4. The third kappa shape index (κ3) is 8.08. The Bertz CT molecular complexity index is 1570. The molecule has 43 heavy (non-hydrogen) atoms. The number of aryl methyl sites for hydroxylation is 1. The average molecular weight is 623 g/mol. The summed E-state index contributed by atoms with van der Waals surface area (Å²) in [5, 5.41) is 9.48. The van der Waals surface area contributed by atoms with Gasteiger partial charge >= 0.3 is 12.3 Å². The molecule has 0 fully saturated rings. The summed E-state index contributed by atoms with van der Waals surface area (Å²) in [6.45, 7) is 12.8. The van der Waals surface area contributed by atoms with Crippen LogP contribution < -0.4 is 5.32 Å². The summed E-state index contributed by atoms with van der Waals surface area (Å²) in [5.41, 5.74) is -3.90. The van der Waals surface area contributed by atoms with Crippen molar-refractivity contribution >= 4 is 21.6 Å². The van der Waals surface area contributed by atoms with Gasteiger partial charge in [0, 0.05) is 6.42 Å². The second kappa shape index (κ2) is 13.1. The quantitative estimate of drug-likeness (QED) is 0.219. The van der Waals surface area contributed by atoms with Crippen LogP contribution in [0.15, 0.2) is 71.2 Å². The number of amides is 1. The van der Waals surface area contributed by atoms with E-state index in [9.17, 15) is 26.4 Å². The van der Waals surface area contributed by atoms with Gasteiger partial charge in [-0.15, -0.1) is 23.4 Å². The van der Waals surface area contributed by atoms with Crippen molar-refractivity contribution in [1.82, 2.24) is 15.2 Å². The molecule has 1 aromatic carbocycles. The van der Waals surface area contributed by atoms with Crippen LogP contribution >= 0.6 is 0 Å². The maximum absolute atomic E-state index is 14.7. The number of pyridine rings is 1. The van der Waals surface area contributed by atoms with Crippen molar-refractivity contribution in [3.05, 3.63) is 78.7 Å². The van der Waals surface area contributed by atoms with Crippen molar-refractivity contribution in [2.24, 2.45) is 0 Å². The smallest absolute Gasteiger partial charge is 0.426 e. The maximum Gasteiger partial charge on any atom is 0.426 e. The molecule has 2 heterocycles. The van der Waals surface area contributed by atoms with Crippen molar-refractivity contribution in [2.45, 2.75) is 69.5 Å². The predicted octanol–water partition coefficient (Wildman–Crippen LogP) is 6.69. The molecule has 0 aliphatic carbocycles. The fourth-order valence-corrected chi connectivity index (χ4v) is 5.36. The van der Waals surface area contributed by atoms with Crippen molar-refractivity contribution in [3.63, 3.8) is 0 Å². The molecule has 2 aromatic heterocycles. The lowest BCUT2D eigenvalue weighted by Crippen LogP contribution is -2.45. The summed E-state index contributed by atoms with van der Waals surface area (Å²) in [6.07, 6.45) is -4.21. The molecule has 0 saturated heterocycles. The van der Waals surface area contributed by atoms with Gasteiger partial charge in [-0.25, -0.2) is 18.2 Å². The number of nitrogens with zero attached hydrogens (tertiary/aromatic N) is 3. The van der Waals surface area contributed by atoms with Gasteiger partial charge in [0.05, 0.1) is 18.0 Å². The second-order valence-corrected chi connectivity index (χ2v) is 12.6. The Hall–Kier alpha value is -4.04. The summed E-state index contributed by atoms with van der Waals surface area (Å²) in [4.78, 5) is 16.8. The largest absolute Gasteiger partial charge is 0.444 e. The molecule has 1 unspecified atom stereocenters. The van der Waals surface area contributed by atoms with E-state index in [1.165, 1.54) is 19.1 Å². The van der Waals surface area contributed by atoms with Gasteiger partial charge in [0.2, 0.25) is 5.60 Å². The topological polar surface area (TPSA) is 134 Å². The molecule has 0 aliphatic rings. The standard InChI is InChI=1S/C29H33F3N4O6S/c1-7-9-16-43(38,39)24-19(3)17-21(33-26(37)42-27(4,5)6)22(34-24)23-35-36-25(41-23)28(15-8-2,29(30,31)32)40-18-20-13-11-10-12-14-20/h7-8,10-14,17H,1-2,9,15-16,18H2,3-6H3,(H,33,37). The van der Waals surface area contributed by atoms with Crippen molar-refractivity contribution < 1.29 is 40.3 Å². The molecule has 1 atom stereocenters. The lowest BCUT2D eigenvalue weighted by molar-refractivity contribution is -0.295. The van der Waals surface area contributed by atoms with Gasteiger partial charge in [-0.2, -0.15) is 13.2 Å². The fraction of sp³-hybridized carbons (Fsp3) is 0.379. The van der Waals surface area contributed by atoms with E-state index in [1.54, 1.807) is 51.1 Å². The van der Waals surface area contributed by atoms with Gasteiger partial charge < -0.3 is 13.9 Å². The SMILES string of the molecule is C=CCCS(=O)(=O)c1nc(-c2nnc(C(CC=C)(OCc3ccccc3)C(F)(F)F)o2)c(NC(=O)OC(C)(C)C)cc1C. The first-order valence-electron chi connectivity index (χ1n) is 13.1. The van der Waals surface area contributed by atoms with Gasteiger partial charge in [-0.3, -0.25) is 5.32 Å². The second-order valence-electron chi connectivity index (χ2n) is 10.5. The number of hydrogen-bond donors (Lipinski definition) is 1. The molecular formula is C29H33F3N4O6S. The van der Waals surface area contributed by atoms with Gasteiger partial charge in [0.15, 0.2) is 20.6 Å². The van der Waals surface area contributed by atoms with Crippen LogP contribution in [0.2, 0.25) is 0 Å². The minimum absolute atomic E-state index is 0.121. The molecule has 0 aliphatic heterocycles. The van der Waals surface area contributed by atoms with Crippen LogP contribution in [0.1, 0.15) is 50.6 Å². The lowest BCUT2D eigenvalue weighted by Gasteiger charge is -2.31. The number of rotatable bonds is 12. The Morgan fingerprint density at radius 3 is 2.35 bits per heavy atom. The fourth-order valence-electron chi connectivity index (χ4n) is 3.91. The van der Waals surface area contributed by atoms with Gasteiger partial charge in [-0.05, 0) is 51.3 Å². The number of aromatic nitrogens is 3. The van der Waals surface area contributed by atoms with Crippen LogP contribution in [0.4, 0.5) is 23.7 Å². The molecule has 0 spiro atoms. The van der Waals surface area contributed by atoms with Gasteiger partial charge in [0.25, 0.3) is 11.8 Å². The number of alkyl halides is 3. The van der Waals surface area contributed by atoms with Crippen molar-refractivity contribution in [1.29, 1.82) is 0 Å². The van der Waals surface area contributed by atoms with Crippen molar-refractivity contribution in [3.8, 4) is 11.6 Å². The van der Waals surface area contributed by atoms with Gasteiger partial charge in [-0.1, -0.05) is 42.5 Å². The molecule has 3 aromatic rings. The van der Waals surface area contributed by atoms with E-state index in [2.05, 4.69) is 33.7 Å².